The molecule has 7 nitrogen and oxygen atoms in total. The Bertz CT molecular complexity index is 559. The first kappa shape index (κ1) is 15.0. The molecule has 1 heterocycles. The molecule has 1 aromatic carbocycles. The van der Waals surface area contributed by atoms with E-state index < -0.39 is 18.4 Å². The Balaban J connectivity index is 1.80. The average molecular weight is 291 g/mol. The molecule has 0 spiro atoms. The predicted molar refractivity (Wildman–Crippen MR) is 74.4 cm³/mol. The molecule has 0 saturated carbocycles. The summed E-state index contributed by atoms with van der Waals surface area (Å²) in [6.45, 7) is -0.0742. The van der Waals surface area contributed by atoms with Gasteiger partial charge in [-0.1, -0.05) is 24.3 Å². The molecule has 1 aliphatic heterocycles. The van der Waals surface area contributed by atoms with Crippen molar-refractivity contribution < 1.29 is 19.5 Å². The SMILES string of the molecule is O=C(O)CNC(=O)CNC(=O)[C@@H]1Cc2ccccc2CN1. The molecule has 2 rings (SSSR count). The van der Waals surface area contributed by atoms with Gasteiger partial charge in [0.15, 0.2) is 0 Å². The van der Waals surface area contributed by atoms with Gasteiger partial charge in [-0.25, -0.2) is 0 Å². The summed E-state index contributed by atoms with van der Waals surface area (Å²) in [5.74, 6) is -1.92. The van der Waals surface area contributed by atoms with Crippen molar-refractivity contribution in [1.82, 2.24) is 16.0 Å². The summed E-state index contributed by atoms with van der Waals surface area (Å²) in [6, 6.07) is 7.49. The highest BCUT2D eigenvalue weighted by Gasteiger charge is 2.23. The van der Waals surface area contributed by atoms with Crippen LogP contribution in [0.3, 0.4) is 0 Å². The van der Waals surface area contributed by atoms with Crippen LogP contribution in [0, 0.1) is 0 Å². The van der Waals surface area contributed by atoms with Crippen molar-refractivity contribution in [1.29, 1.82) is 0 Å². The number of hydrogen-bond donors (Lipinski definition) is 4. The fourth-order valence-corrected chi connectivity index (χ4v) is 2.17. The van der Waals surface area contributed by atoms with Gasteiger partial charge in [-0.2, -0.15) is 0 Å². The van der Waals surface area contributed by atoms with Gasteiger partial charge in [0.2, 0.25) is 11.8 Å². The van der Waals surface area contributed by atoms with Gasteiger partial charge < -0.3 is 21.1 Å². The number of hydrogen-bond acceptors (Lipinski definition) is 4. The minimum Gasteiger partial charge on any atom is -0.480 e. The standard InChI is InChI=1S/C14H17N3O4/c18-12(16-8-13(19)20)7-17-14(21)11-5-9-3-1-2-4-10(9)6-15-11/h1-4,11,15H,5-8H2,(H,16,18)(H,17,21)(H,19,20)/t11-/m0/s1. The molecule has 0 radical (unpaired) electrons. The van der Waals surface area contributed by atoms with Crippen molar-refractivity contribution >= 4 is 17.8 Å². The zero-order valence-corrected chi connectivity index (χ0v) is 11.4. The summed E-state index contributed by atoms with van der Waals surface area (Å²) in [5.41, 5.74) is 2.28. The number of carboxylic acids is 1. The number of nitrogens with one attached hydrogen (secondary N) is 3. The molecule has 0 unspecified atom stereocenters. The fraction of sp³-hybridized carbons (Fsp3) is 0.357. The molecule has 0 fully saturated rings. The third-order valence-corrected chi connectivity index (χ3v) is 3.26. The molecule has 1 aliphatic rings. The second kappa shape index (κ2) is 6.85. The van der Waals surface area contributed by atoms with Crippen molar-refractivity contribution in [2.45, 2.75) is 19.0 Å². The predicted octanol–water partition coefficient (Wildman–Crippen LogP) is -0.982. The largest absolute Gasteiger partial charge is 0.480 e. The molecule has 21 heavy (non-hydrogen) atoms. The van der Waals surface area contributed by atoms with E-state index in [-0.39, 0.29) is 18.5 Å². The number of rotatable bonds is 5. The van der Waals surface area contributed by atoms with Crippen molar-refractivity contribution in [2.75, 3.05) is 13.1 Å². The normalized spacial score (nSPS) is 16.7. The van der Waals surface area contributed by atoms with E-state index >= 15 is 0 Å². The minimum atomic E-state index is -1.12. The van der Waals surface area contributed by atoms with Crippen molar-refractivity contribution in [3.05, 3.63) is 35.4 Å². The molecule has 7 heteroatoms. The summed E-state index contributed by atoms with van der Waals surface area (Å²) in [7, 11) is 0. The molecule has 0 bridgehead atoms. The van der Waals surface area contributed by atoms with Crippen LogP contribution >= 0.6 is 0 Å². The van der Waals surface area contributed by atoms with Gasteiger partial charge in [0.05, 0.1) is 12.6 Å². The van der Waals surface area contributed by atoms with Crippen LogP contribution in [0.5, 0.6) is 0 Å². The van der Waals surface area contributed by atoms with Crippen molar-refractivity contribution in [2.24, 2.45) is 0 Å². The lowest BCUT2D eigenvalue weighted by atomic mass is 9.95. The number of carbonyl (C=O) groups is 3. The third-order valence-electron chi connectivity index (χ3n) is 3.26. The smallest absolute Gasteiger partial charge is 0.322 e. The van der Waals surface area contributed by atoms with Crippen molar-refractivity contribution in [3.63, 3.8) is 0 Å². The lowest BCUT2D eigenvalue weighted by Gasteiger charge is -2.25. The number of benzene rings is 1. The van der Waals surface area contributed by atoms with Gasteiger partial charge in [-0.05, 0) is 17.5 Å². The lowest BCUT2D eigenvalue weighted by molar-refractivity contribution is -0.137. The summed E-state index contributed by atoms with van der Waals surface area (Å²) in [6.07, 6.45) is 0.568. The third kappa shape index (κ3) is 4.28. The number of aliphatic carboxylic acids is 1. The van der Waals surface area contributed by atoms with Gasteiger partial charge in [-0.3, -0.25) is 14.4 Å². The number of fused-ring (bicyclic) bond motifs is 1. The van der Waals surface area contributed by atoms with Crippen LogP contribution in [0.4, 0.5) is 0 Å². The van der Waals surface area contributed by atoms with Crippen molar-refractivity contribution in [3.8, 4) is 0 Å². The maximum absolute atomic E-state index is 12.0. The second-order valence-electron chi connectivity index (χ2n) is 4.79. The molecule has 2 amide bonds. The van der Waals surface area contributed by atoms with E-state index in [9.17, 15) is 14.4 Å². The van der Waals surface area contributed by atoms with E-state index in [0.717, 1.165) is 5.56 Å². The van der Waals surface area contributed by atoms with Gasteiger partial charge in [0, 0.05) is 6.54 Å². The lowest BCUT2D eigenvalue weighted by Crippen LogP contribution is -2.50. The highest BCUT2D eigenvalue weighted by Crippen LogP contribution is 2.16. The number of amides is 2. The molecule has 1 atom stereocenters. The van der Waals surface area contributed by atoms with Gasteiger partial charge >= 0.3 is 5.97 Å². The highest BCUT2D eigenvalue weighted by atomic mass is 16.4. The first-order chi connectivity index (χ1) is 10.1. The topological polar surface area (TPSA) is 108 Å². The summed E-state index contributed by atoms with van der Waals surface area (Å²) >= 11 is 0. The molecule has 0 aromatic heterocycles. The molecule has 1 aromatic rings. The fourth-order valence-electron chi connectivity index (χ4n) is 2.17. The first-order valence-corrected chi connectivity index (χ1v) is 6.62. The molecule has 112 valence electrons. The number of carbonyl (C=O) groups excluding carboxylic acids is 2. The minimum absolute atomic E-state index is 0.230. The van der Waals surface area contributed by atoms with Crippen LogP contribution in [-0.2, 0) is 27.3 Å². The Hall–Kier alpha value is -2.41. The molecule has 0 aliphatic carbocycles. The molecular weight excluding hydrogens is 274 g/mol. The first-order valence-electron chi connectivity index (χ1n) is 6.62. The van der Waals surface area contributed by atoms with Crippen LogP contribution in [0.15, 0.2) is 24.3 Å². The summed E-state index contributed by atoms with van der Waals surface area (Å²) < 4.78 is 0. The maximum Gasteiger partial charge on any atom is 0.322 e. The van der Waals surface area contributed by atoms with E-state index in [0.29, 0.717) is 13.0 Å². The average Bonchev–Trinajstić information content (AvgIpc) is 2.50. The summed E-state index contributed by atoms with van der Waals surface area (Å²) in [4.78, 5) is 33.6. The van der Waals surface area contributed by atoms with Crippen LogP contribution < -0.4 is 16.0 Å². The van der Waals surface area contributed by atoms with Crippen LogP contribution in [0.2, 0.25) is 0 Å². The van der Waals surface area contributed by atoms with E-state index in [4.69, 9.17) is 5.11 Å². The van der Waals surface area contributed by atoms with Gasteiger partial charge in [0.1, 0.15) is 6.54 Å². The molecule has 0 saturated heterocycles. The van der Waals surface area contributed by atoms with E-state index in [1.807, 2.05) is 24.3 Å². The zero-order chi connectivity index (χ0) is 15.2. The molecule has 4 N–H and O–H groups in total. The highest BCUT2D eigenvalue weighted by molar-refractivity contribution is 5.88. The Morgan fingerprint density at radius 1 is 1.14 bits per heavy atom. The van der Waals surface area contributed by atoms with E-state index in [1.165, 1.54) is 5.56 Å². The van der Waals surface area contributed by atoms with Crippen LogP contribution in [-0.4, -0.2) is 42.0 Å². The molecular formula is C14H17N3O4. The zero-order valence-electron chi connectivity index (χ0n) is 11.4. The maximum atomic E-state index is 12.0. The Labute approximate surface area is 121 Å². The van der Waals surface area contributed by atoms with Gasteiger partial charge in [-0.15, -0.1) is 0 Å². The van der Waals surface area contributed by atoms with Gasteiger partial charge in [0.25, 0.3) is 0 Å². The van der Waals surface area contributed by atoms with Crippen LogP contribution in [0.25, 0.3) is 0 Å². The Morgan fingerprint density at radius 2 is 1.86 bits per heavy atom. The summed E-state index contributed by atoms with van der Waals surface area (Å²) in [5, 5.41) is 16.2. The second-order valence-corrected chi connectivity index (χ2v) is 4.79. The van der Waals surface area contributed by atoms with E-state index in [1.54, 1.807) is 0 Å². The number of carboxylic acid groups (broad SMARTS) is 1. The Morgan fingerprint density at radius 3 is 2.57 bits per heavy atom. The monoisotopic (exact) mass is 291 g/mol. The van der Waals surface area contributed by atoms with E-state index in [2.05, 4.69) is 16.0 Å². The quantitative estimate of drug-likeness (QED) is 0.557. The van der Waals surface area contributed by atoms with Crippen LogP contribution in [0.1, 0.15) is 11.1 Å². The Kier molecular flexibility index (Phi) is 4.89.